The molecule has 0 saturated carbocycles. The predicted molar refractivity (Wildman–Crippen MR) is 107 cm³/mol. The maximum atomic E-state index is 12.5. The second kappa shape index (κ2) is 8.50. The molecule has 1 aliphatic rings. The molecule has 0 aromatic heterocycles. The summed E-state index contributed by atoms with van der Waals surface area (Å²) < 4.78 is 26.4. The van der Waals surface area contributed by atoms with Gasteiger partial charge in [0, 0.05) is 31.6 Å². The van der Waals surface area contributed by atoms with Crippen LogP contribution in [0, 0.1) is 6.92 Å². The summed E-state index contributed by atoms with van der Waals surface area (Å²) in [6.45, 7) is 3.49. The summed E-state index contributed by atoms with van der Waals surface area (Å²) in [4.78, 5) is 14.2. The number of sulfonamides is 1. The summed E-state index contributed by atoms with van der Waals surface area (Å²) in [6, 6.07) is 17.2. The summed E-state index contributed by atoms with van der Waals surface area (Å²) in [5.41, 5.74) is 2.98. The average Bonchev–Trinajstić information content (AvgIpc) is 2.69. The molecule has 1 aliphatic heterocycles. The lowest BCUT2D eigenvalue weighted by atomic mass is 10.1. The van der Waals surface area contributed by atoms with Gasteiger partial charge in [-0.1, -0.05) is 60.2 Å². The molecule has 1 heterocycles. The number of hydrogen-bond donors (Lipinski definition) is 0. The Morgan fingerprint density at radius 3 is 2.22 bits per heavy atom. The zero-order valence-electron chi connectivity index (χ0n) is 15.4. The van der Waals surface area contributed by atoms with Crippen LogP contribution in [0.25, 0.3) is 6.08 Å². The Kier molecular flexibility index (Phi) is 6.08. The first kappa shape index (κ1) is 19.3. The van der Waals surface area contributed by atoms with Gasteiger partial charge < -0.3 is 4.90 Å². The van der Waals surface area contributed by atoms with E-state index >= 15 is 0 Å². The van der Waals surface area contributed by atoms with Crippen molar-refractivity contribution in [2.45, 2.75) is 13.3 Å². The van der Waals surface area contributed by atoms with Crippen LogP contribution in [-0.4, -0.2) is 49.7 Å². The molecule has 2 aromatic rings. The smallest absolute Gasteiger partial charge is 0.236 e. The molecular formula is C21H24N2O3S. The number of benzene rings is 2. The highest BCUT2D eigenvalue weighted by Gasteiger charge is 2.27. The first-order valence-corrected chi connectivity index (χ1v) is 10.5. The second-order valence-corrected chi connectivity index (χ2v) is 8.52. The van der Waals surface area contributed by atoms with Crippen molar-refractivity contribution in [3.05, 3.63) is 76.7 Å². The van der Waals surface area contributed by atoms with E-state index in [2.05, 4.69) is 0 Å². The molecule has 0 spiro atoms. The van der Waals surface area contributed by atoms with E-state index in [1.54, 1.807) is 11.0 Å². The third-order valence-corrected chi connectivity index (χ3v) is 6.22. The van der Waals surface area contributed by atoms with Gasteiger partial charge in [-0.3, -0.25) is 4.79 Å². The van der Waals surface area contributed by atoms with Crippen LogP contribution in [0.3, 0.4) is 0 Å². The molecular weight excluding hydrogens is 360 g/mol. The van der Waals surface area contributed by atoms with Crippen LogP contribution in [0.5, 0.6) is 0 Å². The molecule has 0 unspecified atom stereocenters. The number of hydrogen-bond acceptors (Lipinski definition) is 3. The van der Waals surface area contributed by atoms with Crippen molar-refractivity contribution in [2.75, 3.05) is 26.2 Å². The van der Waals surface area contributed by atoms with Gasteiger partial charge in [0.25, 0.3) is 0 Å². The molecule has 1 amide bonds. The Labute approximate surface area is 161 Å². The summed E-state index contributed by atoms with van der Waals surface area (Å²) in [5.74, 6) is 0.0377. The Hall–Kier alpha value is -2.44. The molecule has 27 heavy (non-hydrogen) atoms. The maximum absolute atomic E-state index is 12.5. The van der Waals surface area contributed by atoms with E-state index in [9.17, 15) is 13.2 Å². The highest BCUT2D eigenvalue weighted by molar-refractivity contribution is 7.92. The number of nitrogens with zero attached hydrogens (tertiary/aromatic N) is 2. The number of carbonyl (C=O) groups is 1. The van der Waals surface area contributed by atoms with Crippen molar-refractivity contribution < 1.29 is 13.2 Å². The SMILES string of the molecule is Cc1ccc(CC(=O)N2CCN(S(=O)(=O)/C=C/c3ccccc3)CC2)cc1. The number of rotatable bonds is 5. The minimum atomic E-state index is -3.48. The zero-order chi connectivity index (χ0) is 19.3. The number of carbonyl (C=O) groups excluding carboxylic acids is 1. The fourth-order valence-corrected chi connectivity index (χ4v) is 4.17. The van der Waals surface area contributed by atoms with Gasteiger partial charge in [0.2, 0.25) is 15.9 Å². The first-order valence-electron chi connectivity index (χ1n) is 9.01. The van der Waals surface area contributed by atoms with Crippen LogP contribution in [0.2, 0.25) is 0 Å². The summed E-state index contributed by atoms with van der Waals surface area (Å²) in [7, 11) is -3.48. The summed E-state index contributed by atoms with van der Waals surface area (Å²) in [5, 5.41) is 1.24. The average molecular weight is 385 g/mol. The molecule has 0 atom stereocenters. The lowest BCUT2D eigenvalue weighted by Gasteiger charge is -2.33. The molecule has 1 saturated heterocycles. The Bertz CT molecular complexity index is 898. The fraction of sp³-hybridized carbons (Fsp3) is 0.286. The standard InChI is InChI=1S/C21H24N2O3S/c1-18-7-9-20(10-8-18)17-21(24)22-12-14-23(15-13-22)27(25,26)16-11-19-5-3-2-4-6-19/h2-11,16H,12-15,17H2,1H3/b16-11+. The Morgan fingerprint density at radius 1 is 0.963 bits per heavy atom. The highest BCUT2D eigenvalue weighted by Crippen LogP contribution is 2.13. The number of aryl methyl sites for hydroxylation is 1. The molecule has 0 bridgehead atoms. The van der Waals surface area contributed by atoms with Gasteiger partial charge in [-0.05, 0) is 24.1 Å². The van der Waals surface area contributed by atoms with Crippen LogP contribution >= 0.6 is 0 Å². The van der Waals surface area contributed by atoms with E-state index in [0.717, 1.165) is 16.7 Å². The monoisotopic (exact) mass is 384 g/mol. The van der Waals surface area contributed by atoms with Crippen LogP contribution in [0.4, 0.5) is 0 Å². The Balaban J connectivity index is 1.55. The van der Waals surface area contributed by atoms with Crippen LogP contribution in [0.15, 0.2) is 60.0 Å². The van der Waals surface area contributed by atoms with E-state index in [0.29, 0.717) is 32.6 Å². The third-order valence-electron chi connectivity index (χ3n) is 4.66. The van der Waals surface area contributed by atoms with Gasteiger partial charge in [-0.25, -0.2) is 8.42 Å². The van der Waals surface area contributed by atoms with Gasteiger partial charge >= 0.3 is 0 Å². The van der Waals surface area contributed by atoms with Crippen LogP contribution < -0.4 is 0 Å². The van der Waals surface area contributed by atoms with Crippen molar-refractivity contribution in [1.29, 1.82) is 0 Å². The lowest BCUT2D eigenvalue weighted by molar-refractivity contribution is -0.131. The van der Waals surface area contributed by atoms with Crippen molar-refractivity contribution in [3.63, 3.8) is 0 Å². The van der Waals surface area contributed by atoms with Crippen molar-refractivity contribution >= 4 is 22.0 Å². The molecule has 0 aliphatic carbocycles. The molecule has 1 fully saturated rings. The molecule has 5 nitrogen and oxygen atoms in total. The topological polar surface area (TPSA) is 57.7 Å². The van der Waals surface area contributed by atoms with E-state index in [1.165, 1.54) is 9.71 Å². The normalized spacial score (nSPS) is 16.0. The van der Waals surface area contributed by atoms with Crippen LogP contribution in [0.1, 0.15) is 16.7 Å². The summed E-state index contributed by atoms with van der Waals surface area (Å²) in [6.07, 6.45) is 1.95. The number of amides is 1. The van der Waals surface area contributed by atoms with Gasteiger partial charge in [-0.15, -0.1) is 0 Å². The second-order valence-electron chi connectivity index (χ2n) is 6.70. The van der Waals surface area contributed by atoms with E-state index in [-0.39, 0.29) is 5.91 Å². The molecule has 3 rings (SSSR count). The highest BCUT2D eigenvalue weighted by atomic mass is 32.2. The molecule has 6 heteroatoms. The van der Waals surface area contributed by atoms with Crippen molar-refractivity contribution in [2.24, 2.45) is 0 Å². The Morgan fingerprint density at radius 2 is 1.59 bits per heavy atom. The quantitative estimate of drug-likeness (QED) is 0.796. The van der Waals surface area contributed by atoms with E-state index in [1.807, 2.05) is 61.5 Å². The lowest BCUT2D eigenvalue weighted by Crippen LogP contribution is -2.50. The molecule has 2 aromatic carbocycles. The van der Waals surface area contributed by atoms with Gasteiger partial charge in [0.1, 0.15) is 0 Å². The number of piperazine rings is 1. The van der Waals surface area contributed by atoms with Crippen molar-refractivity contribution in [3.8, 4) is 0 Å². The van der Waals surface area contributed by atoms with E-state index in [4.69, 9.17) is 0 Å². The minimum absolute atomic E-state index is 0.0377. The zero-order valence-corrected chi connectivity index (χ0v) is 16.2. The third kappa shape index (κ3) is 5.28. The van der Waals surface area contributed by atoms with E-state index < -0.39 is 10.0 Å². The van der Waals surface area contributed by atoms with Gasteiger partial charge in [0.15, 0.2) is 0 Å². The molecule has 0 N–H and O–H groups in total. The first-order chi connectivity index (χ1) is 12.9. The fourth-order valence-electron chi connectivity index (χ4n) is 3.00. The predicted octanol–water partition coefficient (Wildman–Crippen LogP) is 2.68. The minimum Gasteiger partial charge on any atom is -0.340 e. The van der Waals surface area contributed by atoms with Gasteiger partial charge in [-0.2, -0.15) is 4.31 Å². The summed E-state index contributed by atoms with van der Waals surface area (Å²) >= 11 is 0. The molecule has 0 radical (unpaired) electrons. The largest absolute Gasteiger partial charge is 0.340 e. The van der Waals surface area contributed by atoms with Gasteiger partial charge in [0.05, 0.1) is 6.42 Å². The molecule has 142 valence electrons. The maximum Gasteiger partial charge on any atom is 0.236 e. The van der Waals surface area contributed by atoms with Crippen molar-refractivity contribution in [1.82, 2.24) is 9.21 Å². The van der Waals surface area contributed by atoms with Crippen LogP contribution in [-0.2, 0) is 21.2 Å².